The third-order valence-corrected chi connectivity index (χ3v) is 6.79. The fourth-order valence-electron chi connectivity index (χ4n) is 4.21. The summed E-state index contributed by atoms with van der Waals surface area (Å²) in [4.78, 5) is 14.8. The van der Waals surface area contributed by atoms with Crippen LogP contribution in [0.3, 0.4) is 0 Å². The molecule has 2 unspecified atom stereocenters. The molecule has 0 aromatic rings. The molecule has 9 nitrogen and oxygen atoms in total. The minimum absolute atomic E-state index is 0. The third-order valence-electron chi connectivity index (χ3n) is 5.75. The van der Waals surface area contributed by atoms with Gasteiger partial charge in [-0.05, 0) is 32.7 Å². The molecule has 0 radical (unpaired) electrons. The molecule has 2 rings (SSSR count). The Bertz CT molecular complexity index is 570. The topological polar surface area (TPSA) is 140 Å². The van der Waals surface area contributed by atoms with Crippen molar-refractivity contribution >= 4 is 16.7 Å². The summed E-state index contributed by atoms with van der Waals surface area (Å²) in [6.07, 6.45) is -2.90. The number of likely N-dealkylation sites (N-methyl/N-ethyl adjacent to an activating group) is 1. The van der Waals surface area contributed by atoms with Gasteiger partial charge in [0.25, 0.3) is 0 Å². The number of aliphatic hydroxyl groups excluding tert-OH is 4. The van der Waals surface area contributed by atoms with E-state index in [0.29, 0.717) is 12.3 Å². The van der Waals surface area contributed by atoms with Crippen LogP contribution in [0.4, 0.5) is 0 Å². The van der Waals surface area contributed by atoms with Gasteiger partial charge in [0.2, 0.25) is 5.91 Å². The van der Waals surface area contributed by atoms with E-state index in [4.69, 9.17) is 4.74 Å². The van der Waals surface area contributed by atoms with Crippen LogP contribution in [0.25, 0.3) is 0 Å². The predicted octanol–water partition coefficient (Wildman–Crippen LogP) is -4.84. The molecule has 2 saturated heterocycles. The second kappa shape index (κ2) is 11.6. The summed E-state index contributed by atoms with van der Waals surface area (Å²) in [7, 11) is 0.233. The predicted molar refractivity (Wildman–Crippen MR) is 104 cm³/mol. The second-order valence-corrected chi connectivity index (χ2v) is 9.52. The number of aliphatic hydroxyl groups is 4. The van der Waals surface area contributed by atoms with Gasteiger partial charge in [-0.1, -0.05) is 13.3 Å². The molecule has 2 fully saturated rings. The number of amides is 1. The molecule has 0 aromatic carbocycles. The molecule has 11 heteroatoms. The molecular formula is C18H34LiN2O7S+. The van der Waals surface area contributed by atoms with E-state index in [1.807, 2.05) is 11.9 Å². The molecule has 0 spiro atoms. The molecule has 0 bridgehead atoms. The molecular weight excluding hydrogens is 395 g/mol. The number of hydrogen-bond donors (Lipinski definition) is 5. The van der Waals surface area contributed by atoms with Gasteiger partial charge in [0.1, 0.15) is 24.4 Å². The van der Waals surface area contributed by atoms with Crippen molar-refractivity contribution in [2.75, 3.05) is 19.8 Å². The van der Waals surface area contributed by atoms with Gasteiger partial charge in [-0.15, -0.1) is 0 Å². The first kappa shape index (κ1) is 27.0. The van der Waals surface area contributed by atoms with Crippen molar-refractivity contribution in [3.05, 3.63) is 0 Å². The number of carbonyl (C=O) groups excluding carboxylic acids is 1. The van der Waals surface area contributed by atoms with E-state index in [2.05, 4.69) is 12.2 Å². The van der Waals surface area contributed by atoms with Gasteiger partial charge in [-0.25, -0.2) is 0 Å². The summed E-state index contributed by atoms with van der Waals surface area (Å²) in [5.74, 6) is 0.133. The molecule has 10 atom stereocenters. The Balaban J connectivity index is 0.00000420. The molecule has 2 aliphatic rings. The molecule has 2 heterocycles. The quantitative estimate of drug-likeness (QED) is 0.254. The Kier molecular flexibility index (Phi) is 10.8. The van der Waals surface area contributed by atoms with E-state index < -0.39 is 52.8 Å². The average Bonchev–Trinajstić information content (AvgIpc) is 2.98. The monoisotopic (exact) mass is 429 g/mol. The number of nitrogens with zero attached hydrogens (tertiary/aromatic N) is 1. The minimum Gasteiger partial charge on any atom is -0.391 e. The standard InChI is InChI=1S/C18H34N2O7S.Li/c1-5-6-10-7-11(20(3)8-10)17(25)19-12(9(2)21)16-14(23)13(22)15(24)18(27-16)28(4)26;/h9-16,18,21-24H,5-8H2,1-4H3,(H,19,25);/q;+1/t9-,10+,11-,12?,13+,14-,15-,16-,18+,28?;/m1./s1. The van der Waals surface area contributed by atoms with Crippen LogP contribution in [0.1, 0.15) is 33.1 Å². The third kappa shape index (κ3) is 6.25. The Morgan fingerprint density at radius 1 is 1.28 bits per heavy atom. The maximum absolute atomic E-state index is 12.9. The largest absolute Gasteiger partial charge is 1.00 e. The fourth-order valence-corrected chi connectivity index (χ4v) is 5.05. The van der Waals surface area contributed by atoms with Crippen molar-refractivity contribution < 1.29 is 53.0 Å². The van der Waals surface area contributed by atoms with Crippen LogP contribution in [0.5, 0.6) is 0 Å². The van der Waals surface area contributed by atoms with Crippen molar-refractivity contribution in [1.29, 1.82) is 0 Å². The van der Waals surface area contributed by atoms with E-state index in [1.54, 1.807) is 0 Å². The van der Waals surface area contributed by atoms with E-state index in [1.165, 1.54) is 13.2 Å². The summed E-state index contributed by atoms with van der Waals surface area (Å²) in [6, 6.07) is -1.39. The van der Waals surface area contributed by atoms with Crippen molar-refractivity contribution in [3.8, 4) is 0 Å². The Hall–Kier alpha value is -0.0226. The molecule has 0 saturated carbocycles. The summed E-state index contributed by atoms with van der Waals surface area (Å²) < 4.78 is 17.4. The Labute approximate surface area is 186 Å². The first-order chi connectivity index (χ1) is 13.1. The zero-order valence-corrected chi connectivity index (χ0v) is 18.7. The normalized spacial score (nSPS) is 38.7. The first-order valence-electron chi connectivity index (χ1n) is 9.79. The number of nitrogens with one attached hydrogen (secondary N) is 1. The summed E-state index contributed by atoms with van der Waals surface area (Å²) in [5, 5.41) is 43.4. The Morgan fingerprint density at radius 2 is 1.90 bits per heavy atom. The van der Waals surface area contributed by atoms with Gasteiger partial charge in [0.15, 0.2) is 5.44 Å². The van der Waals surface area contributed by atoms with Crippen LogP contribution in [-0.2, 0) is 20.3 Å². The zero-order chi connectivity index (χ0) is 21.2. The molecule has 0 aliphatic carbocycles. The Morgan fingerprint density at radius 3 is 2.41 bits per heavy atom. The summed E-state index contributed by atoms with van der Waals surface area (Å²) in [6.45, 7) is 4.36. The number of hydrogen-bond acceptors (Lipinski definition) is 8. The van der Waals surface area contributed by atoms with Crippen molar-refractivity contribution in [2.24, 2.45) is 5.92 Å². The number of likely N-dealkylation sites (tertiary alicyclic amines) is 1. The molecule has 29 heavy (non-hydrogen) atoms. The molecule has 164 valence electrons. The average molecular weight is 429 g/mol. The van der Waals surface area contributed by atoms with Crippen molar-refractivity contribution in [2.45, 2.75) is 81.1 Å². The number of ether oxygens (including phenoxy) is 1. The zero-order valence-electron chi connectivity index (χ0n) is 17.9. The molecule has 1 amide bonds. The van der Waals surface area contributed by atoms with Gasteiger partial charge in [-0.3, -0.25) is 13.9 Å². The van der Waals surface area contributed by atoms with Crippen molar-refractivity contribution in [3.63, 3.8) is 0 Å². The van der Waals surface area contributed by atoms with Crippen LogP contribution in [0.2, 0.25) is 0 Å². The molecule has 2 aliphatic heterocycles. The van der Waals surface area contributed by atoms with Crippen LogP contribution >= 0.6 is 0 Å². The minimum atomic E-state index is -1.64. The van der Waals surface area contributed by atoms with Crippen LogP contribution in [0, 0.1) is 5.92 Å². The smallest absolute Gasteiger partial charge is 0.391 e. The number of carbonyl (C=O) groups is 1. The summed E-state index contributed by atoms with van der Waals surface area (Å²) in [5.41, 5.74) is -1.23. The van der Waals surface area contributed by atoms with Gasteiger partial charge in [0, 0.05) is 12.8 Å². The van der Waals surface area contributed by atoms with Gasteiger partial charge >= 0.3 is 18.9 Å². The van der Waals surface area contributed by atoms with Crippen LogP contribution in [0.15, 0.2) is 0 Å². The van der Waals surface area contributed by atoms with E-state index in [9.17, 15) is 29.4 Å². The number of rotatable bonds is 7. The van der Waals surface area contributed by atoms with Crippen LogP contribution in [-0.4, -0.2) is 103 Å². The van der Waals surface area contributed by atoms with Gasteiger partial charge < -0.3 is 30.5 Å². The van der Waals surface area contributed by atoms with Gasteiger partial charge in [-0.2, -0.15) is 0 Å². The fraction of sp³-hybridized carbons (Fsp3) is 0.944. The molecule has 5 N–H and O–H groups in total. The first-order valence-corrected chi connectivity index (χ1v) is 11.4. The van der Waals surface area contributed by atoms with Crippen LogP contribution < -0.4 is 24.2 Å². The molecule has 0 aromatic heterocycles. The maximum atomic E-state index is 12.9. The van der Waals surface area contributed by atoms with Gasteiger partial charge in [0.05, 0.1) is 29.0 Å². The van der Waals surface area contributed by atoms with E-state index in [0.717, 1.165) is 19.4 Å². The van der Waals surface area contributed by atoms with E-state index in [-0.39, 0.29) is 30.8 Å². The second-order valence-electron chi connectivity index (χ2n) is 8.06. The van der Waals surface area contributed by atoms with E-state index >= 15 is 0 Å². The SMILES string of the molecule is CCC[C@H]1C[C@H](C(=O)NC([C@H]2O[C@@H](S(C)=O)[C@H](O)[C@@H](O)[C@H]2O)[C@@H](C)O)N(C)C1.[Li+]. The van der Waals surface area contributed by atoms with Crippen molar-refractivity contribution in [1.82, 2.24) is 10.2 Å². The summed E-state index contributed by atoms with van der Waals surface area (Å²) >= 11 is 0. The maximum Gasteiger partial charge on any atom is 1.00 e.